The molecule has 11 heteroatoms. The SMILES string of the molecule is CCOC(=O)c1c(C)[nH]c(C)c1S(=O)(=O)N1CCC[C@H](C(=O)NCCc2nc3ccccc3[nH]2)C1. The molecule has 2 aromatic heterocycles. The van der Waals surface area contributed by atoms with E-state index in [0.29, 0.717) is 37.2 Å². The van der Waals surface area contributed by atoms with Gasteiger partial charge in [-0.1, -0.05) is 12.1 Å². The molecular weight excluding hydrogens is 470 g/mol. The summed E-state index contributed by atoms with van der Waals surface area (Å²) in [6.45, 7) is 5.82. The molecule has 35 heavy (non-hydrogen) atoms. The highest BCUT2D eigenvalue weighted by Crippen LogP contribution is 2.30. The van der Waals surface area contributed by atoms with Crippen molar-refractivity contribution in [3.8, 4) is 0 Å². The summed E-state index contributed by atoms with van der Waals surface area (Å²) in [4.78, 5) is 36.0. The number of aromatic amines is 2. The van der Waals surface area contributed by atoms with Gasteiger partial charge in [0.05, 0.1) is 23.6 Å². The van der Waals surface area contributed by atoms with Gasteiger partial charge in [-0.05, 0) is 45.7 Å². The van der Waals surface area contributed by atoms with Gasteiger partial charge in [0.25, 0.3) is 0 Å². The Bertz CT molecular complexity index is 1310. The number of aryl methyl sites for hydroxylation is 2. The van der Waals surface area contributed by atoms with Gasteiger partial charge < -0.3 is 20.0 Å². The molecule has 0 radical (unpaired) electrons. The standard InChI is InChI=1S/C24H31N5O5S/c1-4-34-24(31)21-15(2)26-16(3)22(21)35(32,33)29-13-7-8-17(14-29)23(30)25-12-11-20-27-18-9-5-6-10-19(18)28-20/h5-6,9-10,17,26H,4,7-8,11-14H2,1-3H3,(H,25,30)(H,27,28)/t17-/m0/s1. The van der Waals surface area contributed by atoms with Gasteiger partial charge in [-0.25, -0.2) is 18.2 Å². The number of nitrogens with zero attached hydrogens (tertiary/aromatic N) is 2. The molecule has 1 saturated heterocycles. The van der Waals surface area contributed by atoms with E-state index in [9.17, 15) is 18.0 Å². The van der Waals surface area contributed by atoms with E-state index in [0.717, 1.165) is 16.9 Å². The van der Waals surface area contributed by atoms with E-state index in [1.165, 1.54) is 4.31 Å². The summed E-state index contributed by atoms with van der Waals surface area (Å²) >= 11 is 0. The molecule has 1 aromatic carbocycles. The van der Waals surface area contributed by atoms with Crippen LogP contribution in [0.15, 0.2) is 29.2 Å². The molecule has 1 aliphatic heterocycles. The summed E-state index contributed by atoms with van der Waals surface area (Å²) in [5.41, 5.74) is 2.67. The molecular formula is C24H31N5O5S. The summed E-state index contributed by atoms with van der Waals surface area (Å²) in [5.74, 6) is -0.553. The summed E-state index contributed by atoms with van der Waals surface area (Å²) < 4.78 is 33.5. The van der Waals surface area contributed by atoms with Crippen LogP contribution in [0.4, 0.5) is 0 Å². The van der Waals surface area contributed by atoms with Crippen LogP contribution in [-0.2, 0) is 26.0 Å². The van der Waals surface area contributed by atoms with Gasteiger partial charge >= 0.3 is 5.97 Å². The van der Waals surface area contributed by atoms with Gasteiger partial charge in [0.2, 0.25) is 15.9 Å². The molecule has 188 valence electrons. The predicted molar refractivity (Wildman–Crippen MR) is 131 cm³/mol. The molecule has 1 atom stereocenters. The van der Waals surface area contributed by atoms with Crippen LogP contribution in [0.1, 0.15) is 47.3 Å². The van der Waals surface area contributed by atoms with E-state index in [4.69, 9.17) is 4.74 Å². The molecule has 0 saturated carbocycles. The van der Waals surface area contributed by atoms with Crippen LogP contribution in [-0.4, -0.2) is 65.8 Å². The highest BCUT2D eigenvalue weighted by Gasteiger charge is 2.38. The van der Waals surface area contributed by atoms with Crippen LogP contribution in [0, 0.1) is 19.8 Å². The number of carbonyl (C=O) groups excluding carboxylic acids is 2. The lowest BCUT2D eigenvalue weighted by Crippen LogP contribution is -2.46. The Kier molecular flexibility index (Phi) is 7.27. The molecule has 0 bridgehead atoms. The number of fused-ring (bicyclic) bond motifs is 1. The molecule has 1 fully saturated rings. The van der Waals surface area contributed by atoms with Gasteiger partial charge in [0.1, 0.15) is 16.3 Å². The van der Waals surface area contributed by atoms with E-state index in [1.807, 2.05) is 24.3 Å². The van der Waals surface area contributed by atoms with Gasteiger partial charge in [-0.2, -0.15) is 4.31 Å². The first-order valence-electron chi connectivity index (χ1n) is 11.8. The van der Waals surface area contributed by atoms with Crippen LogP contribution in [0.5, 0.6) is 0 Å². The number of carbonyl (C=O) groups is 2. The minimum Gasteiger partial charge on any atom is -0.462 e. The van der Waals surface area contributed by atoms with Gasteiger partial charge in [0, 0.05) is 37.4 Å². The molecule has 0 spiro atoms. The Labute approximate surface area is 204 Å². The second kappa shape index (κ2) is 10.2. The van der Waals surface area contributed by atoms with Crippen molar-refractivity contribution < 1.29 is 22.7 Å². The fraction of sp³-hybridized carbons (Fsp3) is 0.458. The zero-order valence-electron chi connectivity index (χ0n) is 20.2. The normalized spacial score (nSPS) is 16.9. The zero-order chi connectivity index (χ0) is 25.2. The molecule has 0 aliphatic carbocycles. The van der Waals surface area contributed by atoms with Crippen LogP contribution in [0.2, 0.25) is 0 Å². The number of amides is 1. The zero-order valence-corrected chi connectivity index (χ0v) is 21.0. The molecule has 0 unspecified atom stereocenters. The Morgan fingerprint density at radius 3 is 2.71 bits per heavy atom. The van der Waals surface area contributed by atoms with Crippen molar-refractivity contribution in [1.82, 2.24) is 24.6 Å². The number of benzene rings is 1. The minimum absolute atomic E-state index is 0.0294. The van der Waals surface area contributed by atoms with Crippen molar-refractivity contribution in [1.29, 1.82) is 0 Å². The number of para-hydroxylation sites is 2. The van der Waals surface area contributed by atoms with Gasteiger partial charge in [-0.15, -0.1) is 0 Å². The number of aromatic nitrogens is 3. The van der Waals surface area contributed by atoms with Crippen molar-refractivity contribution in [3.63, 3.8) is 0 Å². The number of hydrogen-bond acceptors (Lipinski definition) is 6. The minimum atomic E-state index is -4.00. The molecule has 10 nitrogen and oxygen atoms in total. The van der Waals surface area contributed by atoms with Crippen molar-refractivity contribution in [2.45, 2.75) is 44.9 Å². The number of H-pyrrole nitrogens is 2. The molecule has 3 N–H and O–H groups in total. The quantitative estimate of drug-likeness (QED) is 0.406. The lowest BCUT2D eigenvalue weighted by Gasteiger charge is -2.31. The molecule has 3 aromatic rings. The molecule has 3 heterocycles. The molecule has 1 amide bonds. The first-order valence-corrected chi connectivity index (χ1v) is 13.2. The largest absolute Gasteiger partial charge is 0.462 e. The van der Waals surface area contributed by atoms with E-state index >= 15 is 0 Å². The number of esters is 1. The Morgan fingerprint density at radius 1 is 1.20 bits per heavy atom. The van der Waals surface area contributed by atoms with Gasteiger partial charge in [0.15, 0.2) is 0 Å². The van der Waals surface area contributed by atoms with Crippen LogP contribution >= 0.6 is 0 Å². The highest BCUT2D eigenvalue weighted by atomic mass is 32.2. The van der Waals surface area contributed by atoms with Crippen molar-refractivity contribution in [2.24, 2.45) is 5.92 Å². The Morgan fingerprint density at radius 2 is 1.97 bits per heavy atom. The van der Waals surface area contributed by atoms with Crippen molar-refractivity contribution >= 4 is 32.9 Å². The fourth-order valence-corrected chi connectivity index (χ4v) is 6.54. The van der Waals surface area contributed by atoms with Crippen LogP contribution in [0.25, 0.3) is 11.0 Å². The second-order valence-corrected chi connectivity index (χ2v) is 10.6. The van der Waals surface area contributed by atoms with Crippen LogP contribution < -0.4 is 5.32 Å². The molecule has 1 aliphatic rings. The third kappa shape index (κ3) is 5.10. The third-order valence-corrected chi connectivity index (χ3v) is 8.29. The highest BCUT2D eigenvalue weighted by molar-refractivity contribution is 7.89. The van der Waals surface area contributed by atoms with Crippen LogP contribution in [0.3, 0.4) is 0 Å². The predicted octanol–water partition coefficient (Wildman–Crippen LogP) is 2.44. The maximum atomic E-state index is 13.6. The van der Waals surface area contributed by atoms with E-state index < -0.39 is 21.9 Å². The topological polar surface area (TPSA) is 137 Å². The Hall–Kier alpha value is -3.18. The van der Waals surface area contributed by atoms with E-state index in [1.54, 1.807) is 20.8 Å². The lowest BCUT2D eigenvalue weighted by molar-refractivity contribution is -0.126. The van der Waals surface area contributed by atoms with E-state index in [2.05, 4.69) is 20.3 Å². The number of rotatable bonds is 8. The maximum Gasteiger partial charge on any atom is 0.341 e. The average Bonchev–Trinajstić information content (AvgIpc) is 3.38. The number of piperidine rings is 1. The number of imidazole rings is 1. The summed E-state index contributed by atoms with van der Waals surface area (Å²) in [6.07, 6.45) is 1.69. The summed E-state index contributed by atoms with van der Waals surface area (Å²) in [7, 11) is -4.00. The first-order chi connectivity index (χ1) is 16.7. The number of sulfonamides is 1. The number of ether oxygens (including phenoxy) is 1. The second-order valence-electron chi connectivity index (χ2n) is 8.74. The fourth-order valence-electron chi connectivity index (χ4n) is 4.61. The van der Waals surface area contributed by atoms with Crippen molar-refractivity contribution in [3.05, 3.63) is 47.0 Å². The smallest absolute Gasteiger partial charge is 0.341 e. The Balaban J connectivity index is 1.42. The monoisotopic (exact) mass is 501 g/mol. The van der Waals surface area contributed by atoms with E-state index in [-0.39, 0.29) is 36.1 Å². The lowest BCUT2D eigenvalue weighted by atomic mass is 9.99. The summed E-state index contributed by atoms with van der Waals surface area (Å²) in [5, 5.41) is 2.92. The number of nitrogens with one attached hydrogen (secondary N) is 3. The number of hydrogen-bond donors (Lipinski definition) is 3. The average molecular weight is 502 g/mol. The first kappa shape index (κ1) is 24.9. The summed E-state index contributed by atoms with van der Waals surface area (Å²) in [6, 6.07) is 7.72. The molecule has 4 rings (SSSR count). The van der Waals surface area contributed by atoms with Crippen molar-refractivity contribution in [2.75, 3.05) is 26.2 Å². The third-order valence-electron chi connectivity index (χ3n) is 6.25. The maximum absolute atomic E-state index is 13.6. The van der Waals surface area contributed by atoms with Gasteiger partial charge in [-0.3, -0.25) is 4.79 Å².